The second-order valence-corrected chi connectivity index (χ2v) is 6.23. The summed E-state index contributed by atoms with van der Waals surface area (Å²) in [4.78, 5) is 25.8. The van der Waals surface area contributed by atoms with Crippen molar-refractivity contribution in [3.8, 4) is 0 Å². The lowest BCUT2D eigenvalue weighted by Crippen LogP contribution is -2.44. The predicted molar refractivity (Wildman–Crippen MR) is 86.4 cm³/mol. The van der Waals surface area contributed by atoms with Gasteiger partial charge in [-0.25, -0.2) is 0 Å². The molecular formula is C17H21N3O3. The second kappa shape index (κ2) is 6.40. The molecular weight excluding hydrogens is 294 g/mol. The number of carbonyl (C=O) groups excluding carboxylic acids is 1. The Labute approximate surface area is 134 Å². The molecule has 1 amide bonds. The van der Waals surface area contributed by atoms with Crippen molar-refractivity contribution in [2.45, 2.75) is 45.1 Å². The fourth-order valence-corrected chi connectivity index (χ4v) is 3.39. The molecule has 0 spiro atoms. The van der Waals surface area contributed by atoms with Crippen LogP contribution in [-0.4, -0.2) is 44.7 Å². The monoisotopic (exact) mass is 315 g/mol. The van der Waals surface area contributed by atoms with Gasteiger partial charge in [0.25, 0.3) is 5.91 Å². The van der Waals surface area contributed by atoms with E-state index < -0.39 is 5.97 Å². The Morgan fingerprint density at radius 2 is 2.22 bits per heavy atom. The third-order valence-electron chi connectivity index (χ3n) is 4.50. The van der Waals surface area contributed by atoms with Crippen LogP contribution >= 0.6 is 0 Å². The number of hydrogen-bond donors (Lipinski definition) is 2. The number of carboxylic acids is 1. The number of piperidine rings is 1. The molecule has 2 aromatic rings. The number of benzene rings is 1. The molecule has 6 nitrogen and oxygen atoms in total. The largest absolute Gasteiger partial charge is 0.481 e. The zero-order chi connectivity index (χ0) is 16.4. The van der Waals surface area contributed by atoms with Crippen LogP contribution in [0.25, 0.3) is 10.9 Å². The summed E-state index contributed by atoms with van der Waals surface area (Å²) in [5.41, 5.74) is 2.39. The average molecular weight is 315 g/mol. The van der Waals surface area contributed by atoms with Gasteiger partial charge in [0.05, 0.1) is 17.3 Å². The highest BCUT2D eigenvalue weighted by Crippen LogP contribution is 2.26. The van der Waals surface area contributed by atoms with Crippen molar-refractivity contribution in [2.24, 2.45) is 0 Å². The van der Waals surface area contributed by atoms with Gasteiger partial charge >= 0.3 is 5.97 Å². The molecule has 0 radical (unpaired) electrons. The van der Waals surface area contributed by atoms with Gasteiger partial charge in [0, 0.05) is 24.4 Å². The minimum Gasteiger partial charge on any atom is -0.481 e. The first-order valence-corrected chi connectivity index (χ1v) is 8.03. The molecule has 6 heteroatoms. The molecule has 2 N–H and O–H groups in total. The molecule has 23 heavy (non-hydrogen) atoms. The number of carboxylic acid groups (broad SMARTS) is 1. The minimum absolute atomic E-state index is 0.00540. The van der Waals surface area contributed by atoms with E-state index in [1.54, 1.807) is 6.20 Å². The summed E-state index contributed by atoms with van der Waals surface area (Å²) < 4.78 is 0. The number of aromatic amines is 1. The summed E-state index contributed by atoms with van der Waals surface area (Å²) in [7, 11) is 0. The number of amides is 1. The molecule has 1 atom stereocenters. The lowest BCUT2D eigenvalue weighted by atomic mass is 9.96. The van der Waals surface area contributed by atoms with E-state index in [-0.39, 0.29) is 18.4 Å². The van der Waals surface area contributed by atoms with E-state index in [0.29, 0.717) is 18.5 Å². The van der Waals surface area contributed by atoms with E-state index in [0.717, 1.165) is 35.7 Å². The van der Waals surface area contributed by atoms with Gasteiger partial charge in [0.2, 0.25) is 0 Å². The van der Waals surface area contributed by atoms with Gasteiger partial charge in [-0.05, 0) is 50.3 Å². The predicted octanol–water partition coefficient (Wildman–Crippen LogP) is 2.73. The fraction of sp³-hybridized carbons (Fsp3) is 0.471. The molecule has 1 aliphatic rings. The number of carbonyl (C=O) groups is 2. The van der Waals surface area contributed by atoms with Crippen LogP contribution in [0.5, 0.6) is 0 Å². The van der Waals surface area contributed by atoms with E-state index in [1.165, 1.54) is 0 Å². The van der Waals surface area contributed by atoms with Crippen molar-refractivity contribution in [3.63, 3.8) is 0 Å². The van der Waals surface area contributed by atoms with E-state index in [1.807, 2.05) is 24.0 Å². The van der Waals surface area contributed by atoms with E-state index in [4.69, 9.17) is 5.11 Å². The van der Waals surface area contributed by atoms with E-state index >= 15 is 0 Å². The van der Waals surface area contributed by atoms with Gasteiger partial charge in [-0.3, -0.25) is 14.7 Å². The number of hydrogen-bond acceptors (Lipinski definition) is 3. The summed E-state index contributed by atoms with van der Waals surface area (Å²) >= 11 is 0. The number of rotatable bonds is 4. The maximum absolute atomic E-state index is 13.0. The molecule has 122 valence electrons. The molecule has 2 heterocycles. The Hall–Kier alpha value is -2.37. The van der Waals surface area contributed by atoms with Gasteiger partial charge in [-0.2, -0.15) is 5.10 Å². The van der Waals surface area contributed by atoms with Crippen LogP contribution in [-0.2, 0) is 4.79 Å². The summed E-state index contributed by atoms with van der Waals surface area (Å²) in [5, 5.41) is 16.8. The van der Waals surface area contributed by atoms with Crippen molar-refractivity contribution < 1.29 is 14.7 Å². The number of H-pyrrole nitrogens is 1. The SMILES string of the molecule is Cc1cc(C(=O)N2CCCCC2CCC(=O)O)c2[nH]ncc2c1. The molecule has 3 rings (SSSR count). The van der Waals surface area contributed by atoms with E-state index in [2.05, 4.69) is 10.2 Å². The first-order chi connectivity index (χ1) is 11.1. The molecule has 1 unspecified atom stereocenters. The van der Waals surface area contributed by atoms with Gasteiger partial charge in [-0.1, -0.05) is 0 Å². The Morgan fingerprint density at radius 3 is 3.00 bits per heavy atom. The van der Waals surface area contributed by atoms with E-state index in [9.17, 15) is 9.59 Å². The van der Waals surface area contributed by atoms with Crippen LogP contribution in [0.1, 0.15) is 48.0 Å². The highest BCUT2D eigenvalue weighted by Gasteiger charge is 2.29. The molecule has 1 aromatic heterocycles. The quantitative estimate of drug-likeness (QED) is 0.908. The fourth-order valence-electron chi connectivity index (χ4n) is 3.39. The van der Waals surface area contributed by atoms with Gasteiger partial charge in [0.15, 0.2) is 0 Å². The Balaban J connectivity index is 1.89. The van der Waals surface area contributed by atoms with Crippen molar-refractivity contribution in [2.75, 3.05) is 6.54 Å². The van der Waals surface area contributed by atoms with Crippen LogP contribution < -0.4 is 0 Å². The molecule has 1 fully saturated rings. The normalized spacial score (nSPS) is 18.3. The number of likely N-dealkylation sites (tertiary alicyclic amines) is 1. The number of nitrogens with zero attached hydrogens (tertiary/aromatic N) is 2. The number of fused-ring (bicyclic) bond motifs is 1. The lowest BCUT2D eigenvalue weighted by Gasteiger charge is -2.36. The zero-order valence-corrected chi connectivity index (χ0v) is 13.2. The summed E-state index contributed by atoms with van der Waals surface area (Å²) in [6, 6.07) is 3.88. The molecule has 0 aliphatic carbocycles. The van der Waals surface area contributed by atoms with Crippen LogP contribution in [0.4, 0.5) is 0 Å². The lowest BCUT2D eigenvalue weighted by molar-refractivity contribution is -0.137. The highest BCUT2D eigenvalue weighted by atomic mass is 16.4. The molecule has 0 saturated carbocycles. The zero-order valence-electron chi connectivity index (χ0n) is 13.2. The number of aromatic nitrogens is 2. The second-order valence-electron chi connectivity index (χ2n) is 6.23. The maximum Gasteiger partial charge on any atom is 0.303 e. The first kappa shape index (κ1) is 15.5. The summed E-state index contributed by atoms with van der Waals surface area (Å²) in [6.45, 7) is 2.65. The van der Waals surface area contributed by atoms with Crippen LogP contribution in [0.2, 0.25) is 0 Å². The topological polar surface area (TPSA) is 86.3 Å². The molecule has 0 bridgehead atoms. The minimum atomic E-state index is -0.811. The maximum atomic E-state index is 13.0. The average Bonchev–Trinajstić information content (AvgIpc) is 2.99. The summed E-state index contributed by atoms with van der Waals surface area (Å²) in [5.74, 6) is -0.840. The molecule has 1 aliphatic heterocycles. The van der Waals surface area contributed by atoms with Crippen molar-refractivity contribution in [1.82, 2.24) is 15.1 Å². The summed E-state index contributed by atoms with van der Waals surface area (Å²) in [6.07, 6.45) is 5.21. The van der Waals surface area contributed by atoms with Crippen LogP contribution in [0.15, 0.2) is 18.3 Å². The van der Waals surface area contributed by atoms with Crippen LogP contribution in [0, 0.1) is 6.92 Å². The molecule has 1 saturated heterocycles. The molecule has 1 aromatic carbocycles. The standard InChI is InChI=1S/C17H21N3O3/c1-11-8-12-10-18-19-16(12)14(9-11)17(23)20-7-3-2-4-13(20)5-6-15(21)22/h8-10,13H,2-7H2,1H3,(H,18,19)(H,21,22). The van der Waals surface area contributed by atoms with Gasteiger partial charge < -0.3 is 10.0 Å². The van der Waals surface area contributed by atoms with Gasteiger partial charge in [-0.15, -0.1) is 0 Å². The van der Waals surface area contributed by atoms with Crippen LogP contribution in [0.3, 0.4) is 0 Å². The highest BCUT2D eigenvalue weighted by molar-refractivity contribution is 6.05. The third kappa shape index (κ3) is 3.21. The van der Waals surface area contributed by atoms with Gasteiger partial charge in [0.1, 0.15) is 0 Å². The Kier molecular flexibility index (Phi) is 4.32. The number of nitrogens with one attached hydrogen (secondary N) is 1. The number of aliphatic carboxylic acids is 1. The number of aryl methyl sites for hydroxylation is 1. The van der Waals surface area contributed by atoms with Crippen molar-refractivity contribution in [3.05, 3.63) is 29.5 Å². The Morgan fingerprint density at radius 1 is 1.39 bits per heavy atom. The van der Waals surface area contributed by atoms with Crippen molar-refractivity contribution in [1.29, 1.82) is 0 Å². The smallest absolute Gasteiger partial charge is 0.303 e. The Bertz CT molecular complexity index is 738. The third-order valence-corrected chi connectivity index (χ3v) is 4.50. The first-order valence-electron chi connectivity index (χ1n) is 8.03. The van der Waals surface area contributed by atoms with Crippen molar-refractivity contribution >= 4 is 22.8 Å².